The number of hydroxylamine groups is 1. The highest BCUT2D eigenvalue weighted by Gasteiger charge is 2.30. The second kappa shape index (κ2) is 12.1. The van der Waals surface area contributed by atoms with Crippen LogP contribution < -0.4 is 10.8 Å². The molecule has 2 aromatic carbocycles. The predicted molar refractivity (Wildman–Crippen MR) is 130 cm³/mol. The molecule has 37 heavy (non-hydrogen) atoms. The van der Waals surface area contributed by atoms with Crippen molar-refractivity contribution >= 4 is 22.8 Å². The van der Waals surface area contributed by atoms with Crippen LogP contribution in [0.15, 0.2) is 48.7 Å². The number of nitrogens with one attached hydrogen (secondary N) is 2. The van der Waals surface area contributed by atoms with Crippen LogP contribution >= 0.6 is 0 Å². The van der Waals surface area contributed by atoms with Crippen molar-refractivity contribution in [3.05, 3.63) is 71.6 Å². The summed E-state index contributed by atoms with van der Waals surface area (Å²) in [7, 11) is 0. The van der Waals surface area contributed by atoms with Gasteiger partial charge in [-0.15, -0.1) is 0 Å². The minimum absolute atomic E-state index is 0.0205. The van der Waals surface area contributed by atoms with Crippen molar-refractivity contribution in [1.82, 2.24) is 20.8 Å². The number of nitrogens with zero attached hydrogens (tertiary/aromatic N) is 2. The lowest BCUT2D eigenvalue weighted by molar-refractivity contribution is -0.135. The smallest absolute Gasteiger partial charge is 0.271 e. The zero-order valence-electron chi connectivity index (χ0n) is 20.5. The first-order valence-corrected chi connectivity index (χ1v) is 11.8. The van der Waals surface area contributed by atoms with Crippen LogP contribution in [0.25, 0.3) is 11.0 Å². The molecule has 3 atom stereocenters. The van der Waals surface area contributed by atoms with Crippen molar-refractivity contribution in [2.75, 3.05) is 0 Å². The highest BCUT2D eigenvalue weighted by atomic mass is 19.2. The maximum Gasteiger partial charge on any atom is 0.271 e. The fraction of sp³-hybridized carbons (Fsp3) is 0.385. The molecular formula is C26H30F2N4O5. The van der Waals surface area contributed by atoms with Crippen LogP contribution in [-0.4, -0.2) is 54.9 Å². The number of hydrogen-bond acceptors (Lipinski definition) is 7. The van der Waals surface area contributed by atoms with Crippen molar-refractivity contribution in [1.29, 1.82) is 0 Å². The summed E-state index contributed by atoms with van der Waals surface area (Å²) in [6.45, 7) is 3.13. The monoisotopic (exact) mass is 516 g/mol. The van der Waals surface area contributed by atoms with Gasteiger partial charge in [0.05, 0.1) is 35.0 Å². The number of aliphatic hydroxyl groups excluding tert-OH is 1. The summed E-state index contributed by atoms with van der Waals surface area (Å²) in [5.74, 6) is -4.45. The Morgan fingerprint density at radius 1 is 1.08 bits per heavy atom. The van der Waals surface area contributed by atoms with Gasteiger partial charge in [0.1, 0.15) is 5.69 Å². The zero-order chi connectivity index (χ0) is 27.2. The number of amides is 2. The van der Waals surface area contributed by atoms with Crippen molar-refractivity contribution in [2.24, 2.45) is 5.92 Å². The second-order valence-corrected chi connectivity index (χ2v) is 9.60. The molecule has 5 N–H and O–H groups in total. The predicted octanol–water partition coefficient (Wildman–Crippen LogP) is 2.67. The molecule has 3 aromatic rings. The third kappa shape index (κ3) is 7.97. The standard InChI is InChI=1S/C26H30F2N4O5/c1-26(2,36)10-9-16(24(34)32-37)13-23(33)21(12-15-7-8-17(27)18(28)11-15)31-25(35)22-14-29-19-5-3-4-6-20(19)30-22/h3-8,11,14,16,21,23,33,36-37H,9-10,12-13H2,1-2H3,(H,31,35)(H,32,34)/t16-,21-,23-/m0/s1. The molecular weight excluding hydrogens is 486 g/mol. The minimum Gasteiger partial charge on any atom is -0.391 e. The molecule has 0 aliphatic heterocycles. The van der Waals surface area contributed by atoms with E-state index in [4.69, 9.17) is 5.21 Å². The number of carbonyl (C=O) groups is 2. The number of fused-ring (bicyclic) bond motifs is 1. The van der Waals surface area contributed by atoms with Crippen LogP contribution in [0.4, 0.5) is 8.78 Å². The molecule has 11 heteroatoms. The number of para-hydroxylation sites is 2. The number of hydrogen-bond donors (Lipinski definition) is 5. The average molecular weight is 517 g/mol. The van der Waals surface area contributed by atoms with Crippen molar-refractivity contribution in [2.45, 2.75) is 57.3 Å². The molecule has 2 amide bonds. The van der Waals surface area contributed by atoms with Gasteiger partial charge in [0.15, 0.2) is 11.6 Å². The Morgan fingerprint density at radius 3 is 2.43 bits per heavy atom. The van der Waals surface area contributed by atoms with E-state index in [0.717, 1.165) is 12.1 Å². The SMILES string of the molecule is CC(C)(O)CC[C@@H](C[C@H](O)[C@H](Cc1ccc(F)c(F)c1)NC(=O)c1cnc2ccccc2n1)C(=O)NO. The van der Waals surface area contributed by atoms with E-state index in [1.54, 1.807) is 43.6 Å². The Kier molecular flexibility index (Phi) is 9.19. The van der Waals surface area contributed by atoms with Crippen LogP contribution in [0.1, 0.15) is 49.2 Å². The maximum atomic E-state index is 13.8. The molecule has 9 nitrogen and oxygen atoms in total. The van der Waals surface area contributed by atoms with E-state index in [1.807, 2.05) is 0 Å². The van der Waals surface area contributed by atoms with Gasteiger partial charge in [-0.05, 0) is 69.4 Å². The number of benzene rings is 2. The normalized spacial score (nSPS) is 14.1. The van der Waals surface area contributed by atoms with E-state index in [0.29, 0.717) is 16.6 Å². The number of aliphatic hydroxyl groups is 2. The van der Waals surface area contributed by atoms with Gasteiger partial charge in [-0.25, -0.2) is 19.2 Å². The Labute approximate surface area is 212 Å². The molecule has 0 fully saturated rings. The van der Waals surface area contributed by atoms with E-state index < -0.39 is 47.1 Å². The van der Waals surface area contributed by atoms with Crippen molar-refractivity contribution < 1.29 is 33.8 Å². The molecule has 0 spiro atoms. The highest BCUT2D eigenvalue weighted by Crippen LogP contribution is 2.23. The molecule has 0 saturated carbocycles. The highest BCUT2D eigenvalue weighted by molar-refractivity contribution is 5.94. The van der Waals surface area contributed by atoms with Gasteiger partial charge in [0, 0.05) is 5.92 Å². The van der Waals surface area contributed by atoms with Gasteiger partial charge in [0.25, 0.3) is 5.91 Å². The largest absolute Gasteiger partial charge is 0.391 e. The Morgan fingerprint density at radius 2 is 1.78 bits per heavy atom. The Bertz CT molecular complexity index is 1250. The first-order chi connectivity index (χ1) is 17.5. The van der Waals surface area contributed by atoms with Crippen molar-refractivity contribution in [3.8, 4) is 0 Å². The molecule has 0 aliphatic carbocycles. The number of halogens is 2. The summed E-state index contributed by atoms with van der Waals surface area (Å²) in [5.41, 5.74) is 1.82. The minimum atomic E-state index is -1.34. The van der Waals surface area contributed by atoms with Crippen molar-refractivity contribution in [3.63, 3.8) is 0 Å². The summed E-state index contributed by atoms with van der Waals surface area (Å²) in [6, 6.07) is 9.14. The quantitative estimate of drug-likeness (QED) is 0.195. The maximum absolute atomic E-state index is 13.8. The van der Waals surface area contributed by atoms with Crippen LogP contribution in [0.3, 0.4) is 0 Å². The summed E-state index contributed by atoms with van der Waals surface area (Å²) in [4.78, 5) is 33.8. The van der Waals surface area contributed by atoms with Gasteiger partial charge < -0.3 is 15.5 Å². The molecule has 1 heterocycles. The molecule has 198 valence electrons. The number of rotatable bonds is 11. The Hall–Kier alpha value is -3.54. The Balaban J connectivity index is 1.85. The summed E-state index contributed by atoms with van der Waals surface area (Å²) in [5, 5.41) is 32.9. The fourth-order valence-corrected chi connectivity index (χ4v) is 3.94. The van der Waals surface area contributed by atoms with Gasteiger partial charge in [-0.2, -0.15) is 0 Å². The first kappa shape index (κ1) is 28.0. The molecule has 3 rings (SSSR count). The average Bonchev–Trinajstić information content (AvgIpc) is 2.86. The molecule has 0 saturated heterocycles. The van der Waals surface area contributed by atoms with Crippen LogP contribution in [0.5, 0.6) is 0 Å². The number of aromatic nitrogens is 2. The van der Waals surface area contributed by atoms with E-state index in [2.05, 4.69) is 15.3 Å². The van der Waals surface area contributed by atoms with Crippen LogP contribution in [-0.2, 0) is 11.2 Å². The first-order valence-electron chi connectivity index (χ1n) is 11.8. The lowest BCUT2D eigenvalue weighted by atomic mass is 9.87. The molecule has 0 radical (unpaired) electrons. The molecule has 1 aromatic heterocycles. The summed E-state index contributed by atoms with van der Waals surface area (Å²) < 4.78 is 27.3. The lowest BCUT2D eigenvalue weighted by Crippen LogP contribution is -2.47. The third-order valence-corrected chi connectivity index (χ3v) is 6.01. The van der Waals surface area contributed by atoms with Gasteiger partial charge in [0.2, 0.25) is 5.91 Å². The molecule has 0 bridgehead atoms. The molecule has 0 aliphatic rings. The van der Waals surface area contributed by atoms with E-state index in [-0.39, 0.29) is 31.4 Å². The van der Waals surface area contributed by atoms with E-state index in [1.165, 1.54) is 12.3 Å². The topological polar surface area (TPSA) is 145 Å². The fourth-order valence-electron chi connectivity index (χ4n) is 3.94. The third-order valence-electron chi connectivity index (χ3n) is 6.01. The summed E-state index contributed by atoms with van der Waals surface area (Å²) >= 11 is 0. The number of carbonyl (C=O) groups excluding carboxylic acids is 2. The van der Waals surface area contributed by atoms with Gasteiger partial charge in [-0.1, -0.05) is 18.2 Å². The molecule has 0 unspecified atom stereocenters. The zero-order valence-corrected chi connectivity index (χ0v) is 20.5. The van der Waals surface area contributed by atoms with Gasteiger partial charge >= 0.3 is 0 Å². The van der Waals surface area contributed by atoms with E-state index >= 15 is 0 Å². The summed E-state index contributed by atoms with van der Waals surface area (Å²) in [6.07, 6.45) is -0.0108. The van der Waals surface area contributed by atoms with Gasteiger partial charge in [-0.3, -0.25) is 19.8 Å². The van der Waals surface area contributed by atoms with Crippen LogP contribution in [0, 0.1) is 17.6 Å². The lowest BCUT2D eigenvalue weighted by Gasteiger charge is -2.28. The van der Waals surface area contributed by atoms with E-state index in [9.17, 15) is 28.6 Å². The second-order valence-electron chi connectivity index (χ2n) is 9.60. The van der Waals surface area contributed by atoms with Crippen LogP contribution in [0.2, 0.25) is 0 Å².